The molecule has 0 atom stereocenters. The van der Waals surface area contributed by atoms with E-state index in [0.717, 1.165) is 45.8 Å². The summed E-state index contributed by atoms with van der Waals surface area (Å²) in [6.07, 6.45) is 20.2. The molecule has 57 heavy (non-hydrogen) atoms. The Morgan fingerprint density at radius 3 is 1.70 bits per heavy atom. The van der Waals surface area contributed by atoms with Crippen molar-refractivity contribution in [3.63, 3.8) is 0 Å². The number of aliphatic hydroxyl groups is 2. The maximum atomic E-state index is 12.1. The van der Waals surface area contributed by atoms with Gasteiger partial charge in [0.15, 0.2) is 0 Å². The Hall–Kier alpha value is -3.42. The molecule has 0 aromatic heterocycles. The molecule has 2 aromatic rings. The monoisotopic (exact) mass is 787 g/mol. The molecule has 316 valence electrons. The zero-order valence-electron chi connectivity index (χ0n) is 35.9. The van der Waals surface area contributed by atoms with Crippen molar-refractivity contribution in [3.8, 4) is 16.9 Å². The lowest BCUT2D eigenvalue weighted by Crippen LogP contribution is -2.31. The Bertz CT molecular complexity index is 1490. The van der Waals surface area contributed by atoms with E-state index in [2.05, 4.69) is 56.5 Å². The number of benzene rings is 2. The second kappa shape index (κ2) is 23.9. The molecular weight excluding hydrogens is 713 g/mol. The smallest absolute Gasteiger partial charge is 0.333 e. The van der Waals surface area contributed by atoms with E-state index in [1.54, 1.807) is 13.8 Å². The molecule has 0 amide bonds. The van der Waals surface area contributed by atoms with Crippen LogP contribution in [0.15, 0.2) is 60.7 Å². The van der Waals surface area contributed by atoms with E-state index in [0.29, 0.717) is 62.2 Å². The third-order valence-electron chi connectivity index (χ3n) is 13.1. The third-order valence-corrected chi connectivity index (χ3v) is 13.1. The molecule has 0 bridgehead atoms. The second-order valence-electron chi connectivity index (χ2n) is 17.4. The van der Waals surface area contributed by atoms with Gasteiger partial charge in [0.05, 0.1) is 33.0 Å². The van der Waals surface area contributed by atoms with E-state index >= 15 is 0 Å². The number of aryl methyl sites for hydroxylation is 2. The summed E-state index contributed by atoms with van der Waals surface area (Å²) < 4.78 is 17.4. The summed E-state index contributed by atoms with van der Waals surface area (Å²) >= 11 is 0. The van der Waals surface area contributed by atoms with Crippen molar-refractivity contribution in [2.75, 3.05) is 33.0 Å². The fraction of sp³-hybridized carbons (Fsp3) is 0.640. The van der Waals surface area contributed by atoms with Gasteiger partial charge in [-0.1, -0.05) is 89.8 Å². The summed E-state index contributed by atoms with van der Waals surface area (Å²) in [7, 11) is 0. The highest BCUT2D eigenvalue weighted by Crippen LogP contribution is 2.45. The lowest BCUT2D eigenvalue weighted by Gasteiger charge is -2.38. The minimum atomic E-state index is -0.623. The molecule has 7 heteroatoms. The first-order valence-corrected chi connectivity index (χ1v) is 22.3. The first kappa shape index (κ1) is 46.3. The van der Waals surface area contributed by atoms with Crippen molar-refractivity contribution in [1.29, 1.82) is 0 Å². The summed E-state index contributed by atoms with van der Waals surface area (Å²) in [5, 5.41) is 20.2. The van der Waals surface area contributed by atoms with Crippen molar-refractivity contribution in [2.45, 2.75) is 149 Å². The first-order valence-electron chi connectivity index (χ1n) is 22.3. The minimum absolute atomic E-state index is 0.123. The van der Waals surface area contributed by atoms with Crippen LogP contribution in [0.3, 0.4) is 0 Å². The van der Waals surface area contributed by atoms with Gasteiger partial charge in [-0.15, -0.1) is 0 Å². The molecule has 2 aromatic carbocycles. The number of ether oxygens (including phenoxy) is 3. The van der Waals surface area contributed by atoms with Crippen LogP contribution in [0.25, 0.3) is 11.1 Å². The van der Waals surface area contributed by atoms with E-state index in [1.807, 2.05) is 6.92 Å². The highest BCUT2D eigenvalue weighted by molar-refractivity contribution is 5.87. The topological polar surface area (TPSA) is 102 Å². The quantitative estimate of drug-likeness (QED) is 0.0620. The van der Waals surface area contributed by atoms with Gasteiger partial charge in [0.25, 0.3) is 0 Å². The molecule has 0 spiro atoms. The average molecular weight is 787 g/mol. The molecule has 0 unspecified atom stereocenters. The molecule has 0 saturated heterocycles. The molecule has 2 aliphatic rings. The van der Waals surface area contributed by atoms with Gasteiger partial charge in [-0.3, -0.25) is 0 Å². The molecule has 2 saturated carbocycles. The van der Waals surface area contributed by atoms with E-state index in [1.165, 1.54) is 82.6 Å². The largest absolute Gasteiger partial charge is 0.493 e. The summed E-state index contributed by atoms with van der Waals surface area (Å²) in [6.45, 7) is 15.5. The number of unbranched alkanes of at least 4 members (excludes halogenated alkanes) is 2. The van der Waals surface area contributed by atoms with Crippen LogP contribution in [0.4, 0.5) is 0 Å². The Labute approximate surface area is 344 Å². The number of aliphatic hydroxyl groups excluding tert-OH is 2. The predicted octanol–water partition coefficient (Wildman–Crippen LogP) is 11.3. The first-order chi connectivity index (χ1) is 27.5. The summed E-state index contributed by atoms with van der Waals surface area (Å²) in [5.41, 5.74) is 5.76. The zero-order chi connectivity index (χ0) is 41.2. The van der Waals surface area contributed by atoms with Crippen molar-refractivity contribution in [3.05, 3.63) is 77.4 Å². The number of hydrogen-bond donors (Lipinski definition) is 2. The summed E-state index contributed by atoms with van der Waals surface area (Å²) in [6, 6.07) is 13.5. The maximum Gasteiger partial charge on any atom is 0.333 e. The molecule has 2 aliphatic carbocycles. The van der Waals surface area contributed by atoms with Gasteiger partial charge in [0, 0.05) is 16.6 Å². The van der Waals surface area contributed by atoms with Crippen molar-refractivity contribution in [1.82, 2.24) is 0 Å². The lowest BCUT2D eigenvalue weighted by atomic mass is 9.68. The molecule has 7 nitrogen and oxygen atoms in total. The SMILES string of the molecule is C=C(C)C(=O)OCCCc1cc(-c2ccc(C3CCC(C4CCC(CCCCC)CC4)CC3)cc2)cc(CCCOC(=O)C(=C)C)c1OCCC(CC)(CO)CO. The van der Waals surface area contributed by atoms with Gasteiger partial charge in [-0.05, 0) is 155 Å². The highest BCUT2D eigenvalue weighted by atomic mass is 16.5. The molecule has 0 heterocycles. The molecule has 4 rings (SSSR count). The van der Waals surface area contributed by atoms with Gasteiger partial charge in [0.2, 0.25) is 0 Å². The van der Waals surface area contributed by atoms with E-state index < -0.39 is 17.4 Å². The number of hydrogen-bond acceptors (Lipinski definition) is 7. The summed E-state index contributed by atoms with van der Waals surface area (Å²) in [4.78, 5) is 24.2. The van der Waals surface area contributed by atoms with Gasteiger partial charge in [0.1, 0.15) is 5.75 Å². The minimum Gasteiger partial charge on any atom is -0.493 e. The van der Waals surface area contributed by atoms with Gasteiger partial charge >= 0.3 is 11.9 Å². The second-order valence-corrected chi connectivity index (χ2v) is 17.4. The van der Waals surface area contributed by atoms with E-state index in [4.69, 9.17) is 14.2 Å². The van der Waals surface area contributed by atoms with Gasteiger partial charge in [-0.2, -0.15) is 0 Å². The molecule has 2 N–H and O–H groups in total. The molecule has 0 radical (unpaired) electrons. The number of carbonyl (C=O) groups is 2. The van der Waals surface area contributed by atoms with Crippen LogP contribution in [0.2, 0.25) is 0 Å². The van der Waals surface area contributed by atoms with Gasteiger partial charge in [-0.25, -0.2) is 9.59 Å². The van der Waals surface area contributed by atoms with Crippen LogP contribution in [0.5, 0.6) is 5.75 Å². The Morgan fingerprint density at radius 1 is 0.702 bits per heavy atom. The Morgan fingerprint density at radius 2 is 1.23 bits per heavy atom. The zero-order valence-corrected chi connectivity index (χ0v) is 35.9. The number of carbonyl (C=O) groups excluding carboxylic acids is 2. The summed E-state index contributed by atoms with van der Waals surface area (Å²) in [5.74, 6) is 3.37. The maximum absolute atomic E-state index is 12.1. The van der Waals surface area contributed by atoms with Crippen LogP contribution in [0, 0.1) is 23.2 Å². The normalized spacial score (nSPS) is 19.8. The predicted molar refractivity (Wildman–Crippen MR) is 231 cm³/mol. The highest BCUT2D eigenvalue weighted by Gasteiger charge is 2.31. The van der Waals surface area contributed by atoms with Crippen LogP contribution in [-0.2, 0) is 31.9 Å². The van der Waals surface area contributed by atoms with Crippen molar-refractivity contribution < 1.29 is 34.0 Å². The van der Waals surface area contributed by atoms with Crippen molar-refractivity contribution >= 4 is 11.9 Å². The van der Waals surface area contributed by atoms with Crippen LogP contribution < -0.4 is 4.74 Å². The van der Waals surface area contributed by atoms with E-state index in [-0.39, 0.29) is 26.4 Å². The average Bonchev–Trinajstić information content (AvgIpc) is 3.23. The molecular formula is C50H74O7. The standard InChI is InChI=1S/C50H74O7/c1-7-9-10-13-38-16-18-39(19-17-38)40-20-22-41(23-21-40)42-24-26-43(27-25-42)46-32-44(14-11-29-56-48(53)36(3)4)47(55-31-28-50(8-2,34-51)35-52)45(33-46)15-12-30-57-49(54)37(5)6/h24-27,32-33,38-41,51-52H,3,5,7-23,28-31,34-35H2,1-2,4,6H3. The fourth-order valence-electron chi connectivity index (χ4n) is 9.06. The number of esters is 2. The number of rotatable bonds is 24. The van der Waals surface area contributed by atoms with Crippen LogP contribution >= 0.6 is 0 Å². The Kier molecular flexibility index (Phi) is 19.4. The lowest BCUT2D eigenvalue weighted by molar-refractivity contribution is -0.139. The van der Waals surface area contributed by atoms with Crippen LogP contribution in [-0.4, -0.2) is 55.2 Å². The van der Waals surface area contributed by atoms with Gasteiger partial charge < -0.3 is 24.4 Å². The Balaban J connectivity index is 1.51. The fourth-order valence-corrected chi connectivity index (χ4v) is 9.06. The molecule has 2 fully saturated rings. The van der Waals surface area contributed by atoms with Crippen LogP contribution in [0.1, 0.15) is 153 Å². The third kappa shape index (κ3) is 14.1. The van der Waals surface area contributed by atoms with E-state index in [9.17, 15) is 19.8 Å². The van der Waals surface area contributed by atoms with Crippen molar-refractivity contribution in [2.24, 2.45) is 23.2 Å². The molecule has 0 aliphatic heterocycles.